The first-order valence-corrected chi connectivity index (χ1v) is 4.69. The molecular weight excluding hydrogens is 218 g/mol. The third kappa shape index (κ3) is 1.99. The average Bonchev–Trinajstić information content (AvgIpc) is 2.10. The Labute approximate surface area is 92.0 Å². The standard InChI is InChI=1S/C10H10ClNO3/c1-5-4-8(10(11)13)6(2)7(3)9(5)12(14)15/h4H,1-3H3. The van der Waals surface area contributed by atoms with E-state index < -0.39 is 10.2 Å². The van der Waals surface area contributed by atoms with Crippen LogP contribution in [0.1, 0.15) is 27.0 Å². The fourth-order valence-electron chi connectivity index (χ4n) is 1.55. The molecule has 15 heavy (non-hydrogen) atoms. The van der Waals surface area contributed by atoms with Gasteiger partial charge in [-0.15, -0.1) is 0 Å². The van der Waals surface area contributed by atoms with Gasteiger partial charge in [0.1, 0.15) is 0 Å². The molecule has 0 amide bonds. The lowest BCUT2D eigenvalue weighted by molar-refractivity contribution is -0.386. The van der Waals surface area contributed by atoms with E-state index in [1.807, 2.05) is 0 Å². The fourth-order valence-corrected chi connectivity index (χ4v) is 1.75. The number of halogens is 1. The molecule has 0 spiro atoms. The maximum absolute atomic E-state index is 11.0. The molecule has 0 unspecified atom stereocenters. The Kier molecular flexibility index (Phi) is 3.09. The molecule has 0 aliphatic heterocycles. The predicted octanol–water partition coefficient (Wildman–Crippen LogP) is 2.90. The van der Waals surface area contributed by atoms with Gasteiger partial charge in [-0.3, -0.25) is 14.9 Å². The quantitative estimate of drug-likeness (QED) is 0.443. The van der Waals surface area contributed by atoms with Crippen molar-refractivity contribution in [2.24, 2.45) is 0 Å². The van der Waals surface area contributed by atoms with Crippen LogP contribution >= 0.6 is 11.6 Å². The highest BCUT2D eigenvalue weighted by Crippen LogP contribution is 2.29. The number of nitro benzene ring substituents is 1. The van der Waals surface area contributed by atoms with E-state index in [4.69, 9.17) is 11.6 Å². The van der Waals surface area contributed by atoms with Gasteiger partial charge < -0.3 is 0 Å². The second-order valence-electron chi connectivity index (χ2n) is 3.37. The molecule has 1 rings (SSSR count). The molecule has 0 aliphatic rings. The molecule has 0 saturated carbocycles. The number of rotatable bonds is 2. The lowest BCUT2D eigenvalue weighted by atomic mass is 9.98. The number of nitrogens with zero attached hydrogens (tertiary/aromatic N) is 1. The van der Waals surface area contributed by atoms with Gasteiger partial charge in [0.15, 0.2) is 0 Å². The third-order valence-electron chi connectivity index (χ3n) is 2.45. The minimum Gasteiger partial charge on any atom is -0.276 e. The number of benzene rings is 1. The molecule has 0 aliphatic carbocycles. The van der Waals surface area contributed by atoms with Gasteiger partial charge in [-0.2, -0.15) is 0 Å². The molecule has 1 aromatic rings. The van der Waals surface area contributed by atoms with Crippen molar-refractivity contribution in [1.29, 1.82) is 0 Å². The zero-order valence-electron chi connectivity index (χ0n) is 8.63. The molecular formula is C10H10ClNO3. The van der Waals surface area contributed by atoms with Crippen molar-refractivity contribution in [2.45, 2.75) is 20.8 Å². The van der Waals surface area contributed by atoms with Crippen molar-refractivity contribution in [3.63, 3.8) is 0 Å². The summed E-state index contributed by atoms with van der Waals surface area (Å²) in [6, 6.07) is 1.45. The van der Waals surface area contributed by atoms with Crippen LogP contribution in [-0.4, -0.2) is 10.2 Å². The van der Waals surface area contributed by atoms with Crippen molar-refractivity contribution in [1.82, 2.24) is 0 Å². The molecule has 0 aromatic heterocycles. The summed E-state index contributed by atoms with van der Waals surface area (Å²) in [5.74, 6) is 0. The van der Waals surface area contributed by atoms with Gasteiger partial charge in [-0.05, 0) is 44.0 Å². The highest BCUT2D eigenvalue weighted by Gasteiger charge is 2.20. The first-order valence-electron chi connectivity index (χ1n) is 4.31. The molecule has 4 nitrogen and oxygen atoms in total. The van der Waals surface area contributed by atoms with Crippen LogP contribution in [0.5, 0.6) is 0 Å². The van der Waals surface area contributed by atoms with E-state index in [1.165, 1.54) is 6.07 Å². The van der Waals surface area contributed by atoms with Crippen molar-refractivity contribution < 1.29 is 9.72 Å². The molecule has 80 valence electrons. The van der Waals surface area contributed by atoms with Gasteiger partial charge in [0, 0.05) is 16.7 Å². The lowest BCUT2D eigenvalue weighted by Gasteiger charge is -2.08. The van der Waals surface area contributed by atoms with Crippen LogP contribution in [0.3, 0.4) is 0 Å². The maximum atomic E-state index is 11.0. The van der Waals surface area contributed by atoms with Crippen LogP contribution < -0.4 is 0 Å². The van der Waals surface area contributed by atoms with Gasteiger partial charge in [-0.25, -0.2) is 0 Å². The molecule has 1 aromatic carbocycles. The van der Waals surface area contributed by atoms with Crippen molar-refractivity contribution >= 4 is 22.5 Å². The van der Waals surface area contributed by atoms with E-state index in [1.54, 1.807) is 20.8 Å². The highest BCUT2D eigenvalue weighted by molar-refractivity contribution is 6.68. The zero-order valence-corrected chi connectivity index (χ0v) is 9.38. The van der Waals surface area contributed by atoms with E-state index in [9.17, 15) is 14.9 Å². The van der Waals surface area contributed by atoms with Gasteiger partial charge in [0.25, 0.3) is 10.9 Å². The van der Waals surface area contributed by atoms with Crippen molar-refractivity contribution in [2.75, 3.05) is 0 Å². The van der Waals surface area contributed by atoms with E-state index in [0.717, 1.165) is 0 Å². The van der Waals surface area contributed by atoms with Crippen LogP contribution in [-0.2, 0) is 0 Å². The normalized spacial score (nSPS) is 10.1. The van der Waals surface area contributed by atoms with Gasteiger partial charge in [-0.1, -0.05) is 0 Å². The van der Waals surface area contributed by atoms with Crippen molar-refractivity contribution in [3.05, 3.63) is 38.4 Å². The summed E-state index contributed by atoms with van der Waals surface area (Å²) in [5, 5.41) is 10.2. The first-order chi connectivity index (χ1) is 6.86. The summed E-state index contributed by atoms with van der Waals surface area (Å²) in [6.07, 6.45) is 0. The predicted molar refractivity (Wildman–Crippen MR) is 57.5 cm³/mol. The Morgan fingerprint density at radius 3 is 2.27 bits per heavy atom. The highest BCUT2D eigenvalue weighted by atomic mass is 35.5. The number of carbonyl (C=O) groups excluding carboxylic acids is 1. The minimum absolute atomic E-state index is 0.0502. The fraction of sp³-hybridized carbons (Fsp3) is 0.300. The summed E-state index contributed by atoms with van der Waals surface area (Å²) in [7, 11) is 0. The minimum atomic E-state index is -0.589. The molecule has 0 fully saturated rings. The summed E-state index contributed by atoms with van der Waals surface area (Å²) < 4.78 is 0. The maximum Gasteiger partial charge on any atom is 0.275 e. The third-order valence-corrected chi connectivity index (χ3v) is 2.65. The summed E-state index contributed by atoms with van der Waals surface area (Å²) in [6.45, 7) is 4.86. The first kappa shape index (κ1) is 11.7. The summed E-state index contributed by atoms with van der Waals surface area (Å²) in [4.78, 5) is 21.4. The SMILES string of the molecule is Cc1cc(C(=O)Cl)c(C)c(C)c1[N+](=O)[O-]. The van der Waals surface area contributed by atoms with Gasteiger partial charge >= 0.3 is 0 Å². The Morgan fingerprint density at radius 2 is 1.87 bits per heavy atom. The number of nitro groups is 1. The zero-order chi connectivity index (χ0) is 11.7. The van der Waals surface area contributed by atoms with E-state index in [-0.39, 0.29) is 5.69 Å². The van der Waals surface area contributed by atoms with E-state index in [0.29, 0.717) is 22.3 Å². The molecule has 0 saturated heterocycles. The van der Waals surface area contributed by atoms with E-state index >= 15 is 0 Å². The van der Waals surface area contributed by atoms with Crippen molar-refractivity contribution in [3.8, 4) is 0 Å². The number of aryl methyl sites for hydroxylation is 1. The second-order valence-corrected chi connectivity index (χ2v) is 3.71. The molecule has 0 bridgehead atoms. The summed E-state index contributed by atoms with van der Waals surface area (Å²) in [5.41, 5.74) is 1.88. The average molecular weight is 228 g/mol. The molecule has 5 heteroatoms. The molecule has 0 radical (unpaired) electrons. The van der Waals surface area contributed by atoms with E-state index in [2.05, 4.69) is 0 Å². The largest absolute Gasteiger partial charge is 0.276 e. The topological polar surface area (TPSA) is 60.2 Å². The Bertz CT molecular complexity index is 454. The Morgan fingerprint density at radius 1 is 1.33 bits per heavy atom. The van der Waals surface area contributed by atoms with Crippen LogP contribution in [0.4, 0.5) is 5.69 Å². The molecule has 0 atom stereocenters. The number of carbonyl (C=O) groups is 1. The summed E-state index contributed by atoms with van der Waals surface area (Å²) >= 11 is 5.38. The molecule has 0 heterocycles. The lowest BCUT2D eigenvalue weighted by Crippen LogP contribution is -2.03. The van der Waals surface area contributed by atoms with Crippen LogP contribution in [0, 0.1) is 30.9 Å². The van der Waals surface area contributed by atoms with Crippen LogP contribution in [0.15, 0.2) is 6.07 Å². The number of hydrogen-bond donors (Lipinski definition) is 0. The van der Waals surface area contributed by atoms with Crippen LogP contribution in [0.25, 0.3) is 0 Å². The number of hydrogen-bond acceptors (Lipinski definition) is 3. The smallest absolute Gasteiger partial charge is 0.275 e. The van der Waals surface area contributed by atoms with Gasteiger partial charge in [0.05, 0.1) is 4.92 Å². The Balaban J connectivity index is 3.58. The van der Waals surface area contributed by atoms with Gasteiger partial charge in [0.2, 0.25) is 0 Å². The second kappa shape index (κ2) is 3.98. The Hall–Kier alpha value is -1.42. The molecule has 0 N–H and O–H groups in total. The monoisotopic (exact) mass is 227 g/mol. The van der Waals surface area contributed by atoms with Crippen LogP contribution in [0.2, 0.25) is 0 Å².